The molecule has 0 N–H and O–H groups in total. The molecule has 0 radical (unpaired) electrons. The molecule has 4 rings (SSSR count). The molecule has 0 spiro atoms. The Kier molecular flexibility index (Phi) is 6.78. The van der Waals surface area contributed by atoms with E-state index in [9.17, 15) is 0 Å². The number of hydrogen-bond donors (Lipinski definition) is 0. The summed E-state index contributed by atoms with van der Waals surface area (Å²) in [6.45, 7) is 13.9. The summed E-state index contributed by atoms with van der Waals surface area (Å²) in [5.41, 5.74) is 3.67. The largest absolute Gasteiger partial charge is 0.496 e. The highest BCUT2D eigenvalue weighted by Crippen LogP contribution is 2.51. The topological polar surface area (TPSA) is 63.2 Å². The highest BCUT2D eigenvalue weighted by atomic mass is 31.2. The third-order valence-electron chi connectivity index (χ3n) is 6.40. The van der Waals surface area contributed by atoms with Crippen LogP contribution in [-0.4, -0.2) is 26.6 Å². The van der Waals surface area contributed by atoms with Crippen molar-refractivity contribution in [2.75, 3.05) is 20.8 Å². The molecule has 6 nitrogen and oxygen atoms in total. The molecular weight excluding hydrogens is 475 g/mol. The fraction of sp³-hybridized carbons (Fsp3) is 0.379. The quantitative estimate of drug-likeness (QED) is 0.392. The van der Waals surface area contributed by atoms with Crippen molar-refractivity contribution in [1.29, 1.82) is 0 Å². The molecule has 1 aliphatic rings. The van der Waals surface area contributed by atoms with Crippen LogP contribution in [0.2, 0.25) is 0 Å². The van der Waals surface area contributed by atoms with Gasteiger partial charge in [0.05, 0.1) is 20.8 Å². The molecule has 1 aliphatic heterocycles. The van der Waals surface area contributed by atoms with Crippen molar-refractivity contribution in [3.63, 3.8) is 0 Å². The zero-order valence-corrected chi connectivity index (χ0v) is 23.5. The maximum atomic E-state index is 15.5. The van der Waals surface area contributed by atoms with Crippen LogP contribution in [0.4, 0.5) is 0 Å². The van der Waals surface area contributed by atoms with Gasteiger partial charge >= 0.3 is 0 Å². The Morgan fingerprint density at radius 3 is 1.61 bits per heavy atom. The van der Waals surface area contributed by atoms with E-state index in [-0.39, 0.29) is 0 Å². The van der Waals surface area contributed by atoms with Crippen LogP contribution in [0.25, 0.3) is 0 Å². The summed E-state index contributed by atoms with van der Waals surface area (Å²) in [5.74, 6) is 2.29. The van der Waals surface area contributed by atoms with Gasteiger partial charge in [0.25, 0.3) is 0 Å². The van der Waals surface area contributed by atoms with E-state index in [1.54, 1.807) is 14.2 Å². The van der Waals surface area contributed by atoms with Gasteiger partial charge in [0, 0.05) is 29.8 Å². The summed E-state index contributed by atoms with van der Waals surface area (Å²) >= 11 is 0. The number of benzene rings is 3. The van der Waals surface area contributed by atoms with Gasteiger partial charge in [0.15, 0.2) is 18.6 Å². The van der Waals surface area contributed by atoms with E-state index in [0.29, 0.717) is 39.8 Å². The lowest BCUT2D eigenvalue weighted by molar-refractivity contribution is -0.0440. The summed E-state index contributed by atoms with van der Waals surface area (Å²) in [6, 6.07) is 11.5. The van der Waals surface area contributed by atoms with Crippen LogP contribution in [0.5, 0.6) is 28.7 Å². The number of aryl methyl sites for hydroxylation is 4. The molecule has 0 saturated heterocycles. The zero-order chi connectivity index (χ0) is 26.4. The lowest BCUT2D eigenvalue weighted by Gasteiger charge is -2.24. The van der Waals surface area contributed by atoms with Gasteiger partial charge in [-0.1, -0.05) is 0 Å². The SMILES string of the molecule is CCOc1cc(P(=O)(c2cc(C)c(OC)c(C)c2)c2cc(C)c(OC)c(C)c2)cc2c1OC(C)(C)O2. The predicted octanol–water partition coefficient (Wildman–Crippen LogP) is 5.48. The fourth-order valence-electron chi connectivity index (χ4n) is 5.02. The molecule has 7 heteroatoms. The van der Waals surface area contributed by atoms with Gasteiger partial charge in [0.2, 0.25) is 11.5 Å². The van der Waals surface area contributed by atoms with Crippen molar-refractivity contribution in [3.05, 3.63) is 58.7 Å². The normalized spacial score (nSPS) is 14.0. The summed E-state index contributed by atoms with van der Waals surface area (Å²) in [7, 11) is -0.0931. The Bertz CT molecular complexity index is 1260. The van der Waals surface area contributed by atoms with E-state index in [2.05, 4.69) is 0 Å². The average Bonchev–Trinajstić information content (AvgIpc) is 3.12. The van der Waals surface area contributed by atoms with E-state index < -0.39 is 12.9 Å². The van der Waals surface area contributed by atoms with Gasteiger partial charge in [-0.25, -0.2) is 0 Å². The summed E-state index contributed by atoms with van der Waals surface area (Å²) in [5, 5.41) is 2.03. The molecule has 0 saturated carbocycles. The number of rotatable bonds is 7. The van der Waals surface area contributed by atoms with Crippen LogP contribution >= 0.6 is 7.14 Å². The predicted molar refractivity (Wildman–Crippen MR) is 144 cm³/mol. The maximum absolute atomic E-state index is 15.5. The summed E-state index contributed by atoms with van der Waals surface area (Å²) in [6.07, 6.45) is 0. The van der Waals surface area contributed by atoms with Gasteiger partial charge in [-0.05, 0) is 93.3 Å². The van der Waals surface area contributed by atoms with Crippen molar-refractivity contribution in [3.8, 4) is 28.7 Å². The second-order valence-corrected chi connectivity index (χ2v) is 12.4. The molecule has 3 aromatic carbocycles. The Balaban J connectivity index is 2.06. The second-order valence-electron chi connectivity index (χ2n) is 9.64. The van der Waals surface area contributed by atoms with Gasteiger partial charge in [-0.3, -0.25) is 0 Å². The number of methoxy groups -OCH3 is 2. The van der Waals surface area contributed by atoms with Crippen LogP contribution in [0.15, 0.2) is 36.4 Å². The number of hydrogen-bond acceptors (Lipinski definition) is 6. The number of fused-ring (bicyclic) bond motifs is 1. The maximum Gasteiger partial charge on any atom is 0.246 e. The van der Waals surface area contributed by atoms with Gasteiger partial charge in [-0.15, -0.1) is 0 Å². The minimum Gasteiger partial charge on any atom is -0.496 e. The molecule has 3 aromatic rings. The molecule has 0 aromatic heterocycles. The van der Waals surface area contributed by atoms with Crippen LogP contribution < -0.4 is 39.6 Å². The van der Waals surface area contributed by atoms with Crippen LogP contribution in [-0.2, 0) is 4.57 Å². The van der Waals surface area contributed by atoms with Crippen molar-refractivity contribution in [2.24, 2.45) is 0 Å². The monoisotopic (exact) mass is 510 g/mol. The van der Waals surface area contributed by atoms with Crippen LogP contribution in [0.1, 0.15) is 43.0 Å². The molecule has 0 unspecified atom stereocenters. The first-order valence-electron chi connectivity index (χ1n) is 12.1. The summed E-state index contributed by atoms with van der Waals surface area (Å²) < 4.78 is 44.8. The van der Waals surface area contributed by atoms with Crippen molar-refractivity contribution >= 4 is 23.1 Å². The molecule has 0 fully saturated rings. The average molecular weight is 511 g/mol. The van der Waals surface area contributed by atoms with Gasteiger partial charge in [-0.2, -0.15) is 0 Å². The van der Waals surface area contributed by atoms with E-state index >= 15 is 4.57 Å². The Labute approximate surface area is 213 Å². The van der Waals surface area contributed by atoms with Crippen LogP contribution in [0.3, 0.4) is 0 Å². The smallest absolute Gasteiger partial charge is 0.246 e. The first-order valence-corrected chi connectivity index (χ1v) is 13.8. The second kappa shape index (κ2) is 9.40. The minimum absolute atomic E-state index is 0.436. The first kappa shape index (κ1) is 26.0. The van der Waals surface area contributed by atoms with Gasteiger partial charge < -0.3 is 28.2 Å². The Morgan fingerprint density at radius 1 is 0.750 bits per heavy atom. The van der Waals surface area contributed by atoms with E-state index in [1.165, 1.54) is 0 Å². The van der Waals surface area contributed by atoms with Crippen molar-refractivity contribution in [1.82, 2.24) is 0 Å². The molecule has 36 heavy (non-hydrogen) atoms. The molecule has 0 amide bonds. The molecule has 192 valence electrons. The number of ether oxygens (including phenoxy) is 5. The van der Waals surface area contributed by atoms with E-state index in [4.69, 9.17) is 23.7 Å². The molecular formula is C29H35O6P. The molecule has 0 bridgehead atoms. The van der Waals surface area contributed by atoms with Crippen LogP contribution in [0, 0.1) is 27.7 Å². The lowest BCUT2D eigenvalue weighted by Crippen LogP contribution is -2.30. The van der Waals surface area contributed by atoms with E-state index in [0.717, 1.165) is 33.8 Å². The highest BCUT2D eigenvalue weighted by Gasteiger charge is 2.39. The first-order chi connectivity index (χ1) is 16.9. The van der Waals surface area contributed by atoms with Crippen molar-refractivity contribution in [2.45, 2.75) is 54.3 Å². The summed E-state index contributed by atoms with van der Waals surface area (Å²) in [4.78, 5) is 0. The highest BCUT2D eigenvalue weighted by molar-refractivity contribution is 7.85. The third kappa shape index (κ3) is 4.32. The van der Waals surface area contributed by atoms with Gasteiger partial charge in [0.1, 0.15) is 11.5 Å². The Morgan fingerprint density at radius 2 is 1.19 bits per heavy atom. The third-order valence-corrected chi connectivity index (χ3v) is 9.35. The van der Waals surface area contributed by atoms with E-state index in [1.807, 2.05) is 84.9 Å². The molecule has 0 aliphatic carbocycles. The zero-order valence-electron chi connectivity index (χ0n) is 22.6. The standard InChI is InChI=1S/C29H35O6P/c1-10-33-24-15-23(16-25-28(24)35-29(6,7)34-25)36(30,21-11-17(2)26(31-8)18(3)12-21)22-13-19(4)27(32-9)20(5)14-22/h11-16H,10H2,1-9H3. The molecule has 0 atom stereocenters. The fourth-order valence-corrected chi connectivity index (χ4v) is 8.02. The van der Waals surface area contributed by atoms with Crippen molar-refractivity contribution < 1.29 is 28.2 Å². The lowest BCUT2D eigenvalue weighted by atomic mass is 10.1. The molecule has 1 heterocycles. The Hall–Kier alpha value is -3.11. The minimum atomic E-state index is -3.40.